The van der Waals surface area contributed by atoms with Crippen molar-refractivity contribution >= 4 is 0 Å². The van der Waals surface area contributed by atoms with Crippen molar-refractivity contribution in [2.24, 2.45) is 17.8 Å². The summed E-state index contributed by atoms with van der Waals surface area (Å²) in [4.78, 5) is 2.82. The van der Waals surface area contributed by atoms with Gasteiger partial charge in [-0.05, 0) is 56.5 Å². The van der Waals surface area contributed by atoms with Gasteiger partial charge in [-0.2, -0.15) is 0 Å². The summed E-state index contributed by atoms with van der Waals surface area (Å²) in [5, 5.41) is 0. The molecule has 0 spiro atoms. The number of hydrogen-bond acceptors (Lipinski definition) is 1. The molecule has 2 aliphatic rings. The highest BCUT2D eigenvalue weighted by Gasteiger charge is 2.34. The SMILES string of the molecule is CC1CCC(C(C)C)C(N2CCCCC2)C1. The lowest BCUT2D eigenvalue weighted by Gasteiger charge is -2.45. The van der Waals surface area contributed by atoms with E-state index in [1.807, 2.05) is 0 Å². The van der Waals surface area contributed by atoms with Gasteiger partial charge in [-0.15, -0.1) is 0 Å². The first kappa shape index (κ1) is 12.4. The lowest BCUT2D eigenvalue weighted by Crippen LogP contribution is -2.47. The Kier molecular flexibility index (Phi) is 4.29. The molecule has 0 N–H and O–H groups in total. The van der Waals surface area contributed by atoms with Crippen molar-refractivity contribution in [2.75, 3.05) is 13.1 Å². The van der Waals surface area contributed by atoms with Crippen LogP contribution in [0.5, 0.6) is 0 Å². The van der Waals surface area contributed by atoms with Gasteiger partial charge in [0.2, 0.25) is 0 Å². The summed E-state index contributed by atoms with van der Waals surface area (Å²) in [6.07, 6.45) is 8.74. The van der Waals surface area contributed by atoms with E-state index in [9.17, 15) is 0 Å². The topological polar surface area (TPSA) is 3.24 Å². The minimum atomic E-state index is 0.874. The molecule has 3 atom stereocenters. The summed E-state index contributed by atoms with van der Waals surface area (Å²) in [6, 6.07) is 0.907. The Morgan fingerprint density at radius 1 is 1.00 bits per heavy atom. The molecule has 1 heterocycles. The molecule has 1 saturated heterocycles. The van der Waals surface area contributed by atoms with Gasteiger partial charge in [-0.1, -0.05) is 33.6 Å². The maximum atomic E-state index is 2.82. The molecule has 94 valence electrons. The van der Waals surface area contributed by atoms with E-state index in [0.29, 0.717) is 0 Å². The van der Waals surface area contributed by atoms with Crippen LogP contribution in [-0.2, 0) is 0 Å². The van der Waals surface area contributed by atoms with Crippen molar-refractivity contribution in [3.8, 4) is 0 Å². The second-order valence-electron chi connectivity index (χ2n) is 6.49. The van der Waals surface area contributed by atoms with Crippen LogP contribution in [0.3, 0.4) is 0 Å². The van der Waals surface area contributed by atoms with Crippen molar-refractivity contribution in [1.82, 2.24) is 4.90 Å². The van der Waals surface area contributed by atoms with Gasteiger partial charge in [0.05, 0.1) is 0 Å². The van der Waals surface area contributed by atoms with Gasteiger partial charge < -0.3 is 4.90 Å². The standard InChI is InChI=1S/C15H29N/c1-12(2)14-8-7-13(3)11-15(14)16-9-5-4-6-10-16/h12-15H,4-11H2,1-3H3. The first-order valence-electron chi connectivity index (χ1n) is 7.42. The molecule has 1 saturated carbocycles. The van der Waals surface area contributed by atoms with Gasteiger partial charge in [0.15, 0.2) is 0 Å². The number of hydrogen-bond donors (Lipinski definition) is 0. The van der Waals surface area contributed by atoms with Gasteiger partial charge in [0.1, 0.15) is 0 Å². The summed E-state index contributed by atoms with van der Waals surface area (Å²) < 4.78 is 0. The average Bonchev–Trinajstić information content (AvgIpc) is 2.29. The maximum Gasteiger partial charge on any atom is 0.0128 e. The van der Waals surface area contributed by atoms with Crippen molar-refractivity contribution in [2.45, 2.75) is 65.3 Å². The Bertz CT molecular complexity index is 205. The van der Waals surface area contributed by atoms with Crippen molar-refractivity contribution in [1.29, 1.82) is 0 Å². The molecule has 1 aliphatic heterocycles. The van der Waals surface area contributed by atoms with Crippen LogP contribution >= 0.6 is 0 Å². The second-order valence-corrected chi connectivity index (χ2v) is 6.49. The molecule has 0 aromatic rings. The van der Waals surface area contributed by atoms with Gasteiger partial charge in [-0.25, -0.2) is 0 Å². The number of rotatable bonds is 2. The highest BCUT2D eigenvalue weighted by Crippen LogP contribution is 2.37. The minimum Gasteiger partial charge on any atom is -0.300 e. The molecule has 3 unspecified atom stereocenters. The smallest absolute Gasteiger partial charge is 0.0128 e. The van der Waals surface area contributed by atoms with Crippen molar-refractivity contribution in [3.05, 3.63) is 0 Å². The molecule has 0 aromatic carbocycles. The van der Waals surface area contributed by atoms with E-state index in [2.05, 4.69) is 25.7 Å². The zero-order valence-corrected chi connectivity index (χ0v) is 11.4. The van der Waals surface area contributed by atoms with E-state index in [1.165, 1.54) is 51.6 Å². The third-order valence-electron chi connectivity index (χ3n) is 4.85. The molecule has 16 heavy (non-hydrogen) atoms. The number of piperidine rings is 1. The molecule has 1 aliphatic carbocycles. The van der Waals surface area contributed by atoms with Crippen molar-refractivity contribution in [3.63, 3.8) is 0 Å². The molecule has 1 nitrogen and oxygen atoms in total. The Morgan fingerprint density at radius 3 is 2.31 bits per heavy atom. The van der Waals surface area contributed by atoms with E-state index in [4.69, 9.17) is 0 Å². The summed E-state index contributed by atoms with van der Waals surface area (Å²) in [5.41, 5.74) is 0. The van der Waals surface area contributed by atoms with Gasteiger partial charge in [0, 0.05) is 6.04 Å². The number of nitrogens with zero attached hydrogens (tertiary/aromatic N) is 1. The van der Waals surface area contributed by atoms with E-state index in [0.717, 1.165) is 23.8 Å². The largest absolute Gasteiger partial charge is 0.300 e. The number of likely N-dealkylation sites (tertiary alicyclic amines) is 1. The quantitative estimate of drug-likeness (QED) is 0.685. The Morgan fingerprint density at radius 2 is 1.69 bits per heavy atom. The fourth-order valence-corrected chi connectivity index (χ4v) is 3.82. The van der Waals surface area contributed by atoms with Crippen LogP contribution in [-0.4, -0.2) is 24.0 Å². The third kappa shape index (κ3) is 2.80. The molecule has 0 aromatic heterocycles. The zero-order valence-electron chi connectivity index (χ0n) is 11.4. The molecule has 1 heteroatoms. The highest BCUT2D eigenvalue weighted by molar-refractivity contribution is 4.88. The molecular weight excluding hydrogens is 194 g/mol. The monoisotopic (exact) mass is 223 g/mol. The minimum absolute atomic E-state index is 0.874. The van der Waals surface area contributed by atoms with E-state index >= 15 is 0 Å². The fraction of sp³-hybridized carbons (Fsp3) is 1.00. The Labute approximate surface area is 102 Å². The maximum absolute atomic E-state index is 2.82. The lowest BCUT2D eigenvalue weighted by molar-refractivity contribution is 0.0463. The average molecular weight is 223 g/mol. The van der Waals surface area contributed by atoms with Gasteiger partial charge >= 0.3 is 0 Å². The van der Waals surface area contributed by atoms with Crippen molar-refractivity contribution < 1.29 is 0 Å². The predicted octanol–water partition coefficient (Wildman–Crippen LogP) is 3.93. The van der Waals surface area contributed by atoms with Crippen LogP contribution in [0.1, 0.15) is 59.3 Å². The molecule has 0 radical (unpaired) electrons. The van der Waals surface area contributed by atoms with Crippen LogP contribution in [0.4, 0.5) is 0 Å². The predicted molar refractivity (Wildman–Crippen MR) is 70.6 cm³/mol. The van der Waals surface area contributed by atoms with Crippen LogP contribution < -0.4 is 0 Å². The summed E-state index contributed by atoms with van der Waals surface area (Å²) in [5.74, 6) is 2.80. The van der Waals surface area contributed by atoms with Crippen LogP contribution in [0.15, 0.2) is 0 Å². The summed E-state index contributed by atoms with van der Waals surface area (Å²) in [6.45, 7) is 10.1. The third-order valence-corrected chi connectivity index (χ3v) is 4.85. The highest BCUT2D eigenvalue weighted by atomic mass is 15.2. The Hall–Kier alpha value is -0.0400. The molecule has 0 bridgehead atoms. The lowest BCUT2D eigenvalue weighted by atomic mass is 9.73. The van der Waals surface area contributed by atoms with E-state index in [1.54, 1.807) is 0 Å². The second kappa shape index (κ2) is 5.53. The van der Waals surface area contributed by atoms with Gasteiger partial charge in [0.25, 0.3) is 0 Å². The molecule has 2 rings (SSSR count). The zero-order chi connectivity index (χ0) is 11.5. The van der Waals surface area contributed by atoms with E-state index in [-0.39, 0.29) is 0 Å². The molecule has 2 fully saturated rings. The van der Waals surface area contributed by atoms with Crippen LogP contribution in [0, 0.1) is 17.8 Å². The van der Waals surface area contributed by atoms with Crippen LogP contribution in [0.2, 0.25) is 0 Å². The van der Waals surface area contributed by atoms with Gasteiger partial charge in [-0.3, -0.25) is 0 Å². The molecular formula is C15H29N. The first-order valence-corrected chi connectivity index (χ1v) is 7.42. The summed E-state index contributed by atoms with van der Waals surface area (Å²) >= 11 is 0. The molecule has 0 amide bonds. The van der Waals surface area contributed by atoms with E-state index < -0.39 is 0 Å². The first-order chi connectivity index (χ1) is 7.68. The fourth-order valence-electron chi connectivity index (χ4n) is 3.82. The van der Waals surface area contributed by atoms with Crippen LogP contribution in [0.25, 0.3) is 0 Å². The Balaban J connectivity index is 2.00. The normalized spacial score (nSPS) is 37.9. The summed E-state index contributed by atoms with van der Waals surface area (Å²) in [7, 11) is 0.